The van der Waals surface area contributed by atoms with Crippen molar-refractivity contribution in [3.8, 4) is 0 Å². The fourth-order valence-corrected chi connectivity index (χ4v) is 2.33. The van der Waals surface area contributed by atoms with Crippen molar-refractivity contribution < 1.29 is 4.79 Å². The number of ketones is 1. The topological polar surface area (TPSA) is 43.1 Å². The molecule has 19 heavy (non-hydrogen) atoms. The average molecular weight is 318 g/mol. The van der Waals surface area contributed by atoms with Crippen LogP contribution in [0.1, 0.15) is 27.0 Å². The van der Waals surface area contributed by atoms with Crippen molar-refractivity contribution in [2.45, 2.75) is 20.3 Å². The highest BCUT2D eigenvalue weighted by atomic mass is 79.9. The summed E-state index contributed by atoms with van der Waals surface area (Å²) < 4.78 is 0.866. The second-order valence-electron chi connectivity index (χ2n) is 4.75. The van der Waals surface area contributed by atoms with E-state index in [1.54, 1.807) is 12.1 Å². The maximum absolute atomic E-state index is 12.3. The summed E-state index contributed by atoms with van der Waals surface area (Å²) in [5.74, 6) is 0.0436. The van der Waals surface area contributed by atoms with Crippen LogP contribution < -0.4 is 5.73 Å². The van der Waals surface area contributed by atoms with Gasteiger partial charge in [0.25, 0.3) is 0 Å². The molecular formula is C16H16BrNO. The van der Waals surface area contributed by atoms with Crippen LogP contribution in [0.3, 0.4) is 0 Å². The Hall–Kier alpha value is -1.61. The standard InChI is InChI=1S/C16H16BrNO/c1-10-3-4-12(7-11(10)2)8-16(19)14-9-13(17)5-6-15(14)18/h3-7,9H,8,18H2,1-2H3. The van der Waals surface area contributed by atoms with Gasteiger partial charge in [-0.1, -0.05) is 34.1 Å². The Balaban J connectivity index is 2.25. The smallest absolute Gasteiger partial charge is 0.169 e. The highest BCUT2D eigenvalue weighted by molar-refractivity contribution is 9.10. The van der Waals surface area contributed by atoms with Gasteiger partial charge in [0.1, 0.15) is 0 Å². The van der Waals surface area contributed by atoms with E-state index in [4.69, 9.17) is 5.73 Å². The SMILES string of the molecule is Cc1ccc(CC(=O)c2cc(Br)ccc2N)cc1C. The lowest BCUT2D eigenvalue weighted by atomic mass is 9.99. The third-order valence-corrected chi connectivity index (χ3v) is 3.75. The minimum absolute atomic E-state index is 0.0436. The molecule has 0 heterocycles. The molecule has 2 N–H and O–H groups in total. The number of rotatable bonds is 3. The zero-order chi connectivity index (χ0) is 14.0. The molecule has 0 bridgehead atoms. The number of carbonyl (C=O) groups is 1. The minimum atomic E-state index is 0.0436. The first-order chi connectivity index (χ1) is 8.97. The summed E-state index contributed by atoms with van der Waals surface area (Å²) in [6.07, 6.45) is 0.377. The first-order valence-electron chi connectivity index (χ1n) is 6.11. The van der Waals surface area contributed by atoms with E-state index in [0.29, 0.717) is 17.7 Å². The number of nitrogens with two attached hydrogens (primary N) is 1. The number of nitrogen functional groups attached to an aromatic ring is 1. The molecule has 2 nitrogen and oxygen atoms in total. The molecule has 0 unspecified atom stereocenters. The number of halogens is 1. The molecule has 0 fully saturated rings. The van der Waals surface area contributed by atoms with Gasteiger partial charge in [-0.15, -0.1) is 0 Å². The van der Waals surface area contributed by atoms with Crippen LogP contribution in [0.25, 0.3) is 0 Å². The van der Waals surface area contributed by atoms with Crippen molar-refractivity contribution in [3.05, 3.63) is 63.1 Å². The molecule has 0 aliphatic carbocycles. The highest BCUT2D eigenvalue weighted by Crippen LogP contribution is 2.21. The molecule has 2 aromatic rings. The van der Waals surface area contributed by atoms with Gasteiger partial charge in [0, 0.05) is 22.1 Å². The van der Waals surface area contributed by atoms with Crippen LogP contribution >= 0.6 is 15.9 Å². The van der Waals surface area contributed by atoms with Crippen LogP contribution in [0.2, 0.25) is 0 Å². The average Bonchev–Trinajstić information content (AvgIpc) is 2.36. The third kappa shape index (κ3) is 3.24. The van der Waals surface area contributed by atoms with Crippen molar-refractivity contribution >= 4 is 27.4 Å². The van der Waals surface area contributed by atoms with E-state index in [9.17, 15) is 4.79 Å². The highest BCUT2D eigenvalue weighted by Gasteiger charge is 2.11. The summed E-state index contributed by atoms with van der Waals surface area (Å²) in [7, 11) is 0. The molecule has 98 valence electrons. The second kappa shape index (κ2) is 5.57. The van der Waals surface area contributed by atoms with Crippen LogP contribution in [0.15, 0.2) is 40.9 Å². The molecule has 0 atom stereocenters. The van der Waals surface area contributed by atoms with E-state index >= 15 is 0 Å². The summed E-state index contributed by atoms with van der Waals surface area (Å²) >= 11 is 3.36. The Labute approximate surface area is 121 Å². The van der Waals surface area contributed by atoms with Crippen molar-refractivity contribution in [1.82, 2.24) is 0 Å². The van der Waals surface area contributed by atoms with Crippen LogP contribution in [-0.4, -0.2) is 5.78 Å². The number of benzene rings is 2. The van der Waals surface area contributed by atoms with Gasteiger partial charge < -0.3 is 5.73 Å². The molecule has 0 aromatic heterocycles. The molecule has 0 spiro atoms. The predicted octanol–water partition coefficient (Wildman–Crippen LogP) is 4.07. The molecule has 2 aromatic carbocycles. The lowest BCUT2D eigenvalue weighted by Gasteiger charge is -2.07. The molecule has 0 saturated carbocycles. The maximum atomic E-state index is 12.3. The van der Waals surface area contributed by atoms with E-state index in [0.717, 1.165) is 10.0 Å². The second-order valence-corrected chi connectivity index (χ2v) is 5.67. The number of aryl methyl sites for hydroxylation is 2. The lowest BCUT2D eigenvalue weighted by molar-refractivity contribution is 0.0994. The first-order valence-corrected chi connectivity index (χ1v) is 6.91. The Morgan fingerprint density at radius 1 is 1.11 bits per heavy atom. The van der Waals surface area contributed by atoms with Gasteiger partial charge in [-0.3, -0.25) is 4.79 Å². The van der Waals surface area contributed by atoms with E-state index in [1.807, 2.05) is 18.2 Å². The monoisotopic (exact) mass is 317 g/mol. The molecule has 0 radical (unpaired) electrons. The van der Waals surface area contributed by atoms with Crippen LogP contribution in [0.5, 0.6) is 0 Å². The minimum Gasteiger partial charge on any atom is -0.398 e. The maximum Gasteiger partial charge on any atom is 0.169 e. The van der Waals surface area contributed by atoms with Crippen molar-refractivity contribution in [2.75, 3.05) is 5.73 Å². The van der Waals surface area contributed by atoms with Crippen LogP contribution in [-0.2, 0) is 6.42 Å². The molecule has 2 rings (SSSR count). The Kier molecular flexibility index (Phi) is 4.05. The van der Waals surface area contributed by atoms with Gasteiger partial charge in [-0.2, -0.15) is 0 Å². The van der Waals surface area contributed by atoms with E-state index in [1.165, 1.54) is 11.1 Å². The molecular weight excluding hydrogens is 302 g/mol. The lowest BCUT2D eigenvalue weighted by Crippen LogP contribution is -2.07. The van der Waals surface area contributed by atoms with Crippen molar-refractivity contribution in [1.29, 1.82) is 0 Å². The van der Waals surface area contributed by atoms with Gasteiger partial charge in [0.05, 0.1) is 0 Å². The summed E-state index contributed by atoms with van der Waals surface area (Å²) in [5.41, 5.74) is 10.4. The number of carbonyl (C=O) groups excluding carboxylic acids is 1. The molecule has 0 aliphatic rings. The van der Waals surface area contributed by atoms with Gasteiger partial charge in [-0.25, -0.2) is 0 Å². The van der Waals surface area contributed by atoms with Gasteiger partial charge in [0.15, 0.2) is 5.78 Å². The summed E-state index contributed by atoms with van der Waals surface area (Å²) in [5, 5.41) is 0. The van der Waals surface area contributed by atoms with Crippen molar-refractivity contribution in [2.24, 2.45) is 0 Å². The fraction of sp³-hybridized carbons (Fsp3) is 0.188. The van der Waals surface area contributed by atoms with Gasteiger partial charge in [-0.05, 0) is 48.7 Å². The zero-order valence-electron chi connectivity index (χ0n) is 11.0. The van der Waals surface area contributed by atoms with E-state index in [-0.39, 0.29) is 5.78 Å². The Morgan fingerprint density at radius 2 is 1.84 bits per heavy atom. The Bertz CT molecular complexity index is 635. The molecule has 3 heteroatoms. The summed E-state index contributed by atoms with van der Waals surface area (Å²) in [6.45, 7) is 4.12. The first kappa shape index (κ1) is 13.8. The summed E-state index contributed by atoms with van der Waals surface area (Å²) in [4.78, 5) is 12.3. The summed E-state index contributed by atoms with van der Waals surface area (Å²) in [6, 6.07) is 11.5. The number of Topliss-reactive ketones (excluding diaryl/α,β-unsaturated/α-hetero) is 1. The van der Waals surface area contributed by atoms with Crippen molar-refractivity contribution in [3.63, 3.8) is 0 Å². The quantitative estimate of drug-likeness (QED) is 0.685. The Morgan fingerprint density at radius 3 is 2.53 bits per heavy atom. The predicted molar refractivity (Wildman–Crippen MR) is 82.5 cm³/mol. The zero-order valence-corrected chi connectivity index (χ0v) is 12.6. The normalized spacial score (nSPS) is 10.5. The van der Waals surface area contributed by atoms with Gasteiger partial charge >= 0.3 is 0 Å². The number of anilines is 1. The van der Waals surface area contributed by atoms with Gasteiger partial charge in [0.2, 0.25) is 0 Å². The fourth-order valence-electron chi connectivity index (χ4n) is 1.96. The van der Waals surface area contributed by atoms with E-state index < -0.39 is 0 Å². The number of hydrogen-bond donors (Lipinski definition) is 1. The molecule has 0 saturated heterocycles. The van der Waals surface area contributed by atoms with Crippen LogP contribution in [0.4, 0.5) is 5.69 Å². The largest absolute Gasteiger partial charge is 0.398 e. The third-order valence-electron chi connectivity index (χ3n) is 3.25. The van der Waals surface area contributed by atoms with E-state index in [2.05, 4.69) is 35.8 Å². The molecule has 0 aliphatic heterocycles. The molecule has 0 amide bonds. The number of hydrogen-bond acceptors (Lipinski definition) is 2. The van der Waals surface area contributed by atoms with Crippen LogP contribution in [0, 0.1) is 13.8 Å².